The van der Waals surface area contributed by atoms with Gasteiger partial charge >= 0.3 is 11.9 Å². The zero-order valence-corrected chi connectivity index (χ0v) is 40.6. The highest BCUT2D eigenvalue weighted by Gasteiger charge is 2.25. The van der Waals surface area contributed by atoms with Crippen LogP contribution in [0.1, 0.15) is 232 Å². The fourth-order valence-electron chi connectivity index (χ4n) is 7.55. The van der Waals surface area contributed by atoms with Crippen molar-refractivity contribution in [1.29, 1.82) is 0 Å². The predicted octanol–water partition coefficient (Wildman–Crippen LogP) is 13.3. The van der Waals surface area contributed by atoms with Crippen molar-refractivity contribution in [2.24, 2.45) is 0 Å². The van der Waals surface area contributed by atoms with E-state index in [2.05, 4.69) is 50.3 Å². The molecule has 0 saturated heterocycles. The van der Waals surface area contributed by atoms with E-state index in [-0.39, 0.29) is 42.7 Å². The smallest absolute Gasteiger partial charge is 0.306 e. The molecule has 8 heteroatoms. The fourth-order valence-corrected chi connectivity index (χ4v) is 7.55. The summed E-state index contributed by atoms with van der Waals surface area (Å²) in [7, 11) is 5.41. The number of quaternary nitrogens is 1. The van der Waals surface area contributed by atoms with Crippen molar-refractivity contribution in [2.75, 3.05) is 41.0 Å². The minimum atomic E-state index is -1.13. The number of nitrogens with zero attached hydrogens (tertiary/aromatic N) is 1. The number of esters is 2. The van der Waals surface area contributed by atoms with Crippen LogP contribution in [0.15, 0.2) is 36.5 Å². The molecule has 0 aliphatic carbocycles. The molecule has 0 aliphatic heterocycles. The number of carbonyl (C=O) groups is 3. The molecular weight excluding hydrogens is 763 g/mol. The van der Waals surface area contributed by atoms with Gasteiger partial charge in [-0.3, -0.25) is 9.59 Å². The Balaban J connectivity index is 4.26. The van der Waals surface area contributed by atoms with Gasteiger partial charge in [0.15, 0.2) is 6.10 Å². The molecule has 2 unspecified atom stereocenters. The number of unbranched alkanes of at least 4 members (excludes halogenated alkanes) is 26. The quantitative estimate of drug-likeness (QED) is 0.0260. The van der Waals surface area contributed by atoms with Crippen LogP contribution in [0.25, 0.3) is 0 Å². The molecule has 0 aromatic heterocycles. The molecule has 0 radical (unpaired) electrons. The summed E-state index contributed by atoms with van der Waals surface area (Å²) in [5, 5.41) is 11.7. The highest BCUT2D eigenvalue weighted by Crippen LogP contribution is 2.16. The van der Waals surface area contributed by atoms with Crippen molar-refractivity contribution in [3.05, 3.63) is 36.5 Å². The van der Waals surface area contributed by atoms with E-state index in [4.69, 9.17) is 14.2 Å². The van der Waals surface area contributed by atoms with E-state index >= 15 is 0 Å². The topological polar surface area (TPSA) is 102 Å². The van der Waals surface area contributed by atoms with Gasteiger partial charge in [-0.05, 0) is 51.4 Å². The van der Waals surface area contributed by atoms with Crippen molar-refractivity contribution in [1.82, 2.24) is 0 Å². The number of aliphatic carboxylic acids is 1. The third kappa shape index (κ3) is 42.6. The lowest BCUT2D eigenvalue weighted by Crippen LogP contribution is -2.55. The summed E-state index contributed by atoms with van der Waals surface area (Å²) in [6.45, 7) is 4.65. The van der Waals surface area contributed by atoms with Crippen molar-refractivity contribution < 1.29 is 38.2 Å². The van der Waals surface area contributed by atoms with Crippen molar-refractivity contribution in [3.8, 4) is 0 Å². The molecule has 0 fully saturated rings. The molecule has 356 valence electrons. The van der Waals surface area contributed by atoms with E-state index in [1.54, 1.807) is 21.1 Å². The van der Waals surface area contributed by atoms with E-state index in [0.29, 0.717) is 12.8 Å². The van der Waals surface area contributed by atoms with Gasteiger partial charge in [-0.1, -0.05) is 198 Å². The normalized spacial score (nSPS) is 13.1. The molecule has 0 aliphatic rings. The number of hydrogen-bond acceptors (Lipinski definition) is 7. The van der Waals surface area contributed by atoms with Crippen molar-refractivity contribution in [3.63, 3.8) is 0 Å². The van der Waals surface area contributed by atoms with Crippen LogP contribution in [0.5, 0.6) is 0 Å². The number of carboxylic acids is 1. The van der Waals surface area contributed by atoms with Gasteiger partial charge < -0.3 is 28.6 Å². The lowest BCUT2D eigenvalue weighted by Gasteiger charge is -2.34. The second kappa shape index (κ2) is 44.2. The van der Waals surface area contributed by atoms with Crippen LogP contribution in [-0.4, -0.2) is 75.5 Å². The Labute approximate surface area is 376 Å². The Kier molecular flexibility index (Phi) is 42.4. The van der Waals surface area contributed by atoms with E-state index < -0.39 is 18.1 Å². The van der Waals surface area contributed by atoms with Gasteiger partial charge in [0.1, 0.15) is 12.6 Å². The Morgan fingerprint density at radius 2 is 0.869 bits per heavy atom. The minimum Gasteiger partial charge on any atom is -0.544 e. The van der Waals surface area contributed by atoms with Gasteiger partial charge in [0.25, 0.3) is 0 Å². The molecule has 0 rings (SSSR count). The van der Waals surface area contributed by atoms with Crippen LogP contribution >= 0.6 is 0 Å². The Morgan fingerprint density at radius 3 is 1.31 bits per heavy atom. The maximum Gasteiger partial charge on any atom is 0.306 e. The summed E-state index contributed by atoms with van der Waals surface area (Å²) in [6.07, 6.45) is 51.7. The summed E-state index contributed by atoms with van der Waals surface area (Å²) < 4.78 is 17.2. The van der Waals surface area contributed by atoms with Gasteiger partial charge in [0.2, 0.25) is 0 Å². The Hall–Kier alpha value is -2.45. The molecule has 0 amide bonds. The van der Waals surface area contributed by atoms with Gasteiger partial charge in [-0.15, -0.1) is 0 Å². The van der Waals surface area contributed by atoms with Gasteiger partial charge in [0.05, 0.1) is 40.3 Å². The molecule has 61 heavy (non-hydrogen) atoms. The maximum atomic E-state index is 12.8. The molecular formula is C53H97NO7. The van der Waals surface area contributed by atoms with Crippen LogP contribution in [0.3, 0.4) is 0 Å². The number of carboxylic acid groups (broad SMARTS) is 1. The Morgan fingerprint density at radius 1 is 0.492 bits per heavy atom. The largest absolute Gasteiger partial charge is 0.544 e. The van der Waals surface area contributed by atoms with Crippen LogP contribution in [0.2, 0.25) is 0 Å². The zero-order chi connectivity index (χ0) is 44.9. The first-order valence-corrected chi connectivity index (χ1v) is 25.5. The van der Waals surface area contributed by atoms with E-state index in [1.807, 2.05) is 0 Å². The summed E-state index contributed by atoms with van der Waals surface area (Å²) in [5.74, 6) is -1.74. The summed E-state index contributed by atoms with van der Waals surface area (Å²) in [4.78, 5) is 37.0. The summed E-state index contributed by atoms with van der Waals surface area (Å²) >= 11 is 0. The van der Waals surface area contributed by atoms with Gasteiger partial charge in [0, 0.05) is 19.3 Å². The number of likely N-dealkylation sites (N-methyl/N-ethyl adjacent to an activating group) is 1. The first-order chi connectivity index (χ1) is 29.6. The second-order valence-electron chi connectivity index (χ2n) is 18.4. The third-order valence-electron chi connectivity index (χ3n) is 11.5. The molecule has 0 aromatic carbocycles. The van der Waals surface area contributed by atoms with Crippen LogP contribution in [-0.2, 0) is 28.6 Å². The average molecular weight is 860 g/mol. The molecule has 8 nitrogen and oxygen atoms in total. The molecule has 0 saturated carbocycles. The minimum absolute atomic E-state index is 0.0381. The first kappa shape index (κ1) is 58.6. The number of allylic oxidation sites excluding steroid dienone is 6. The van der Waals surface area contributed by atoms with E-state index in [9.17, 15) is 19.5 Å². The molecule has 0 N–H and O–H groups in total. The summed E-state index contributed by atoms with van der Waals surface area (Å²) in [6, 6.07) is -0.727. The molecule has 0 spiro atoms. The molecule has 0 heterocycles. The molecule has 0 bridgehead atoms. The number of carbonyl (C=O) groups excluding carboxylic acids is 3. The van der Waals surface area contributed by atoms with Crippen LogP contribution in [0.4, 0.5) is 0 Å². The lowest BCUT2D eigenvalue weighted by atomic mass is 10.0. The average Bonchev–Trinajstić information content (AvgIpc) is 3.22. The second-order valence-corrected chi connectivity index (χ2v) is 18.4. The highest BCUT2D eigenvalue weighted by molar-refractivity contribution is 5.70. The fraction of sp³-hybridized carbons (Fsp3) is 0.830. The van der Waals surface area contributed by atoms with Gasteiger partial charge in [-0.25, -0.2) is 0 Å². The van der Waals surface area contributed by atoms with E-state index in [1.165, 1.54) is 135 Å². The SMILES string of the molecule is CCCCC/C=C\C/C=C\C/C=C\CCCCCCCCC(=O)OC(COCCC(C(=O)[O-])[N+](C)(C)C)COC(=O)CCCCCCCCCCCCCCCCCCCC. The number of ether oxygens (including phenoxy) is 3. The molecule has 0 aromatic rings. The number of hydrogen-bond donors (Lipinski definition) is 0. The van der Waals surface area contributed by atoms with Crippen molar-refractivity contribution >= 4 is 17.9 Å². The van der Waals surface area contributed by atoms with Crippen LogP contribution in [0, 0.1) is 0 Å². The number of rotatable bonds is 46. The van der Waals surface area contributed by atoms with Crippen LogP contribution < -0.4 is 5.11 Å². The Bertz CT molecular complexity index is 1090. The van der Waals surface area contributed by atoms with Gasteiger partial charge in [-0.2, -0.15) is 0 Å². The summed E-state index contributed by atoms with van der Waals surface area (Å²) in [5.41, 5.74) is 0. The first-order valence-electron chi connectivity index (χ1n) is 25.5. The lowest BCUT2D eigenvalue weighted by molar-refractivity contribution is -0.889. The highest BCUT2D eigenvalue weighted by atomic mass is 16.6. The third-order valence-corrected chi connectivity index (χ3v) is 11.5. The maximum absolute atomic E-state index is 12.8. The van der Waals surface area contributed by atoms with E-state index in [0.717, 1.165) is 64.2 Å². The standard InChI is InChI=1S/C53H97NO7/c1-6-8-10-12-14-16-18-20-22-24-26-28-30-32-34-36-38-40-42-44-52(56)61-49(47-59-46-45-50(53(57)58)54(3,4)5)48-60-51(55)43-41-39-37-35-33-31-29-27-25-23-21-19-17-15-13-11-9-7-2/h14,16,20,22,26,28,49-50H,6-13,15,17-19,21,23-25,27,29-48H2,1-5H3/b16-14-,22-20-,28-26-. The molecule has 2 atom stereocenters. The predicted molar refractivity (Wildman–Crippen MR) is 254 cm³/mol. The monoisotopic (exact) mass is 860 g/mol. The van der Waals surface area contributed by atoms with Crippen molar-refractivity contribution in [2.45, 2.75) is 244 Å². The zero-order valence-electron chi connectivity index (χ0n) is 40.6.